The zero-order valence-corrected chi connectivity index (χ0v) is 15.5. The molecule has 6 heteroatoms. The Hall–Kier alpha value is -2.60. The van der Waals surface area contributed by atoms with Crippen molar-refractivity contribution >= 4 is 23.3 Å². The van der Waals surface area contributed by atoms with Crippen molar-refractivity contribution in [2.75, 3.05) is 21.2 Å². The second kappa shape index (κ2) is 6.72. The van der Waals surface area contributed by atoms with E-state index in [1.807, 2.05) is 42.5 Å². The van der Waals surface area contributed by atoms with Gasteiger partial charge in [0.25, 0.3) is 0 Å². The van der Waals surface area contributed by atoms with Crippen LogP contribution in [-0.4, -0.2) is 43.0 Å². The molecule has 2 aromatic rings. The Morgan fingerprint density at radius 2 is 1.80 bits per heavy atom. The molecule has 0 spiro atoms. The standard InChI is InChI=1S/C19H20N2O3S/c1-12-16(18(22)24-4)17(21(3)19(23)20(12)2)15-11-10-14(25-15)13-8-6-5-7-9-13/h5-11,17H,1-4H3/t17-/m1/s1. The van der Waals surface area contributed by atoms with Gasteiger partial charge in [-0.05, 0) is 24.6 Å². The minimum Gasteiger partial charge on any atom is -0.466 e. The molecular weight excluding hydrogens is 336 g/mol. The summed E-state index contributed by atoms with van der Waals surface area (Å²) in [6.45, 7) is 1.77. The van der Waals surface area contributed by atoms with Gasteiger partial charge >= 0.3 is 12.0 Å². The third kappa shape index (κ3) is 2.93. The first-order valence-corrected chi connectivity index (χ1v) is 8.72. The lowest BCUT2D eigenvalue weighted by atomic mass is 9.99. The highest BCUT2D eigenvalue weighted by atomic mass is 32.1. The lowest BCUT2D eigenvalue weighted by Crippen LogP contribution is -2.47. The monoisotopic (exact) mass is 356 g/mol. The number of likely N-dealkylation sites (N-methyl/N-ethyl adjacent to an activating group) is 1. The number of hydrogen-bond donors (Lipinski definition) is 0. The van der Waals surface area contributed by atoms with Crippen LogP contribution in [0.25, 0.3) is 10.4 Å². The van der Waals surface area contributed by atoms with Crippen LogP contribution >= 0.6 is 11.3 Å². The predicted molar refractivity (Wildman–Crippen MR) is 98.1 cm³/mol. The van der Waals surface area contributed by atoms with Crippen LogP contribution in [0.2, 0.25) is 0 Å². The summed E-state index contributed by atoms with van der Waals surface area (Å²) in [4.78, 5) is 30.0. The number of urea groups is 1. The number of thiophene rings is 1. The van der Waals surface area contributed by atoms with Crippen LogP contribution < -0.4 is 0 Å². The molecule has 0 bridgehead atoms. The van der Waals surface area contributed by atoms with Gasteiger partial charge in [-0.1, -0.05) is 30.3 Å². The van der Waals surface area contributed by atoms with Crippen LogP contribution in [0.5, 0.6) is 0 Å². The van der Waals surface area contributed by atoms with E-state index in [9.17, 15) is 9.59 Å². The predicted octanol–water partition coefficient (Wildman–Crippen LogP) is 3.90. The molecule has 25 heavy (non-hydrogen) atoms. The Morgan fingerprint density at radius 3 is 2.44 bits per heavy atom. The van der Waals surface area contributed by atoms with Gasteiger partial charge < -0.3 is 14.5 Å². The Balaban J connectivity index is 2.09. The molecule has 0 fully saturated rings. The smallest absolute Gasteiger partial charge is 0.338 e. The highest BCUT2D eigenvalue weighted by Gasteiger charge is 2.39. The molecule has 0 saturated carbocycles. The summed E-state index contributed by atoms with van der Waals surface area (Å²) in [5.41, 5.74) is 2.23. The van der Waals surface area contributed by atoms with E-state index < -0.39 is 12.0 Å². The number of benzene rings is 1. The number of allylic oxidation sites excluding steroid dienone is 1. The van der Waals surface area contributed by atoms with Crippen LogP contribution in [0.4, 0.5) is 4.79 Å². The fourth-order valence-corrected chi connectivity index (χ4v) is 4.19. The number of nitrogens with zero attached hydrogens (tertiary/aromatic N) is 2. The van der Waals surface area contributed by atoms with Gasteiger partial charge in [-0.2, -0.15) is 0 Å². The van der Waals surface area contributed by atoms with Gasteiger partial charge in [0.1, 0.15) is 6.04 Å². The average molecular weight is 356 g/mol. The van der Waals surface area contributed by atoms with E-state index in [0.29, 0.717) is 11.3 Å². The summed E-state index contributed by atoms with van der Waals surface area (Å²) in [6.07, 6.45) is 0. The summed E-state index contributed by atoms with van der Waals surface area (Å²) in [7, 11) is 4.73. The van der Waals surface area contributed by atoms with E-state index >= 15 is 0 Å². The second-order valence-corrected chi connectivity index (χ2v) is 7.03. The number of rotatable bonds is 3. The van der Waals surface area contributed by atoms with Crippen LogP contribution in [0, 0.1) is 0 Å². The van der Waals surface area contributed by atoms with Crippen molar-refractivity contribution in [3.05, 3.63) is 58.6 Å². The molecule has 2 amide bonds. The molecular formula is C19H20N2O3S. The van der Waals surface area contributed by atoms with Crippen molar-refractivity contribution < 1.29 is 14.3 Å². The van der Waals surface area contributed by atoms with Crippen molar-refractivity contribution in [2.24, 2.45) is 0 Å². The minimum atomic E-state index is -0.446. The number of amides is 2. The SMILES string of the molecule is COC(=O)C1=C(C)N(C)C(=O)N(C)[C@@H]1c1ccc(-c2ccccc2)s1. The van der Waals surface area contributed by atoms with E-state index in [0.717, 1.165) is 15.3 Å². The summed E-state index contributed by atoms with van der Waals surface area (Å²) in [6, 6.07) is 13.4. The molecule has 5 nitrogen and oxygen atoms in total. The molecule has 0 N–H and O–H groups in total. The number of carbonyl (C=O) groups excluding carboxylic acids is 2. The molecule has 1 aromatic carbocycles. The average Bonchev–Trinajstić information content (AvgIpc) is 3.12. The van der Waals surface area contributed by atoms with E-state index in [1.54, 1.807) is 37.3 Å². The molecule has 0 radical (unpaired) electrons. The molecule has 1 aliphatic heterocycles. The van der Waals surface area contributed by atoms with Gasteiger partial charge in [0.05, 0.1) is 12.7 Å². The fourth-order valence-electron chi connectivity index (χ4n) is 3.02. The molecule has 1 aliphatic rings. The van der Waals surface area contributed by atoms with Gasteiger partial charge in [0.2, 0.25) is 0 Å². The molecule has 3 rings (SSSR count). The van der Waals surface area contributed by atoms with Crippen molar-refractivity contribution in [3.63, 3.8) is 0 Å². The fraction of sp³-hybridized carbons (Fsp3) is 0.263. The van der Waals surface area contributed by atoms with Crippen LogP contribution in [0.3, 0.4) is 0 Å². The Labute approximate surface area is 151 Å². The molecule has 0 aliphatic carbocycles. The van der Waals surface area contributed by atoms with Crippen LogP contribution in [0.1, 0.15) is 17.8 Å². The van der Waals surface area contributed by atoms with Gasteiger partial charge in [-0.15, -0.1) is 11.3 Å². The normalized spacial score (nSPS) is 17.9. The zero-order chi connectivity index (χ0) is 18.1. The topological polar surface area (TPSA) is 49.9 Å². The van der Waals surface area contributed by atoms with Crippen LogP contribution in [-0.2, 0) is 9.53 Å². The Kier molecular flexibility index (Phi) is 4.63. The number of esters is 1. The van der Waals surface area contributed by atoms with Crippen molar-refractivity contribution in [3.8, 4) is 10.4 Å². The largest absolute Gasteiger partial charge is 0.466 e. The van der Waals surface area contributed by atoms with Crippen molar-refractivity contribution in [1.82, 2.24) is 9.80 Å². The Bertz CT molecular complexity index is 841. The van der Waals surface area contributed by atoms with Gasteiger partial charge in [-0.25, -0.2) is 9.59 Å². The first kappa shape index (κ1) is 17.2. The molecule has 130 valence electrons. The molecule has 1 atom stereocenters. The molecule has 0 saturated heterocycles. The number of carbonyl (C=O) groups is 2. The van der Waals surface area contributed by atoms with Crippen molar-refractivity contribution in [1.29, 1.82) is 0 Å². The first-order chi connectivity index (χ1) is 12.0. The maximum Gasteiger partial charge on any atom is 0.338 e. The van der Waals surface area contributed by atoms with Crippen LogP contribution in [0.15, 0.2) is 53.7 Å². The summed E-state index contributed by atoms with van der Waals surface area (Å²) in [5.74, 6) is -0.414. The first-order valence-electron chi connectivity index (χ1n) is 7.90. The minimum absolute atomic E-state index is 0.148. The third-order valence-electron chi connectivity index (χ3n) is 4.50. The zero-order valence-electron chi connectivity index (χ0n) is 14.6. The lowest BCUT2D eigenvalue weighted by Gasteiger charge is -2.38. The third-order valence-corrected chi connectivity index (χ3v) is 5.69. The molecule has 1 aromatic heterocycles. The van der Waals surface area contributed by atoms with Gasteiger partial charge in [-0.3, -0.25) is 0 Å². The summed E-state index contributed by atoms with van der Waals surface area (Å²) in [5, 5.41) is 0. The highest BCUT2D eigenvalue weighted by molar-refractivity contribution is 7.15. The van der Waals surface area contributed by atoms with Gasteiger partial charge in [0, 0.05) is 29.5 Å². The highest BCUT2D eigenvalue weighted by Crippen LogP contribution is 2.41. The number of methoxy groups -OCH3 is 1. The summed E-state index contributed by atoms with van der Waals surface area (Å²) >= 11 is 1.58. The quantitative estimate of drug-likeness (QED) is 0.784. The lowest BCUT2D eigenvalue weighted by molar-refractivity contribution is -0.137. The van der Waals surface area contributed by atoms with E-state index in [2.05, 4.69) is 0 Å². The van der Waals surface area contributed by atoms with E-state index in [1.165, 1.54) is 12.0 Å². The second-order valence-electron chi connectivity index (χ2n) is 5.91. The van der Waals surface area contributed by atoms with Gasteiger partial charge in [0.15, 0.2) is 0 Å². The molecule has 2 heterocycles. The summed E-state index contributed by atoms with van der Waals surface area (Å²) < 4.78 is 4.98. The Morgan fingerprint density at radius 1 is 1.12 bits per heavy atom. The van der Waals surface area contributed by atoms with E-state index in [4.69, 9.17) is 4.74 Å². The molecule has 0 unspecified atom stereocenters. The van der Waals surface area contributed by atoms with E-state index in [-0.39, 0.29) is 6.03 Å². The number of hydrogen-bond acceptors (Lipinski definition) is 4. The maximum absolute atomic E-state index is 12.5. The van der Waals surface area contributed by atoms with Crippen molar-refractivity contribution in [2.45, 2.75) is 13.0 Å². The maximum atomic E-state index is 12.5. The number of ether oxygens (including phenoxy) is 1.